The number of hydrogen-bond acceptors (Lipinski definition) is 3. The molecule has 0 saturated heterocycles. The van der Waals surface area contributed by atoms with Crippen molar-refractivity contribution in [3.05, 3.63) is 34.2 Å². The second-order valence-corrected chi connectivity index (χ2v) is 4.50. The lowest BCUT2D eigenvalue weighted by atomic mass is 9.96. The Morgan fingerprint density at radius 3 is 2.94 bits per heavy atom. The van der Waals surface area contributed by atoms with Crippen molar-refractivity contribution in [3.63, 3.8) is 0 Å². The van der Waals surface area contributed by atoms with Gasteiger partial charge < -0.3 is 10.4 Å². The van der Waals surface area contributed by atoms with Crippen LogP contribution in [0.1, 0.15) is 11.6 Å². The van der Waals surface area contributed by atoms with Crippen molar-refractivity contribution in [1.29, 1.82) is 0 Å². The van der Waals surface area contributed by atoms with Gasteiger partial charge >= 0.3 is 5.69 Å². The Morgan fingerprint density at radius 2 is 2.24 bits per heavy atom. The molecular formula is C12H15N3O2. The van der Waals surface area contributed by atoms with E-state index in [1.807, 2.05) is 25.2 Å². The third-order valence-electron chi connectivity index (χ3n) is 3.60. The van der Waals surface area contributed by atoms with Crippen LogP contribution in [0.2, 0.25) is 0 Å². The van der Waals surface area contributed by atoms with E-state index in [1.165, 1.54) is 0 Å². The molecule has 17 heavy (non-hydrogen) atoms. The zero-order chi connectivity index (χ0) is 12.2. The van der Waals surface area contributed by atoms with E-state index in [-0.39, 0.29) is 11.7 Å². The zero-order valence-electron chi connectivity index (χ0n) is 9.84. The monoisotopic (exact) mass is 233 g/mol. The second kappa shape index (κ2) is 3.45. The van der Waals surface area contributed by atoms with Crippen LogP contribution in [0.15, 0.2) is 23.0 Å². The van der Waals surface area contributed by atoms with Gasteiger partial charge in [-0.3, -0.25) is 9.13 Å². The molecule has 0 radical (unpaired) electrons. The van der Waals surface area contributed by atoms with Gasteiger partial charge in [0, 0.05) is 7.05 Å². The molecule has 2 N–H and O–H groups in total. The molecule has 0 amide bonds. The third-order valence-corrected chi connectivity index (χ3v) is 3.60. The molecule has 0 bridgehead atoms. The van der Waals surface area contributed by atoms with Crippen molar-refractivity contribution < 1.29 is 5.11 Å². The first-order valence-corrected chi connectivity index (χ1v) is 5.68. The third kappa shape index (κ3) is 1.23. The van der Waals surface area contributed by atoms with Gasteiger partial charge in [0.1, 0.15) is 0 Å². The number of nitrogens with zero attached hydrogens (tertiary/aromatic N) is 2. The number of aromatic nitrogens is 2. The van der Waals surface area contributed by atoms with Crippen LogP contribution in [-0.2, 0) is 13.6 Å². The standard InChI is InChI=1S/C12H15N3O2/c1-13-10-7-4-3-5-8-11(7)15(6-9(10)16)12(17)14(8)2/h3-5,9-10,13,16H,6H2,1-2H3/t9-,10?/m1/s1. The van der Waals surface area contributed by atoms with E-state index in [2.05, 4.69) is 5.32 Å². The van der Waals surface area contributed by atoms with Crippen LogP contribution >= 0.6 is 0 Å². The summed E-state index contributed by atoms with van der Waals surface area (Å²) in [5.74, 6) is 0. The van der Waals surface area contributed by atoms with E-state index in [4.69, 9.17) is 0 Å². The molecule has 90 valence electrons. The Labute approximate surface area is 98.3 Å². The Kier molecular flexibility index (Phi) is 2.14. The number of para-hydroxylation sites is 1. The number of hydrogen-bond donors (Lipinski definition) is 2. The maximum absolute atomic E-state index is 12.0. The molecule has 1 aromatic carbocycles. The first-order chi connectivity index (χ1) is 8.15. The highest BCUT2D eigenvalue weighted by Gasteiger charge is 2.30. The molecule has 0 saturated carbocycles. The fourth-order valence-electron chi connectivity index (χ4n) is 2.76. The quantitative estimate of drug-likeness (QED) is 0.727. The minimum Gasteiger partial charge on any atom is -0.389 e. The van der Waals surface area contributed by atoms with Crippen molar-refractivity contribution in [3.8, 4) is 0 Å². The molecule has 1 aromatic heterocycles. The highest BCUT2D eigenvalue weighted by Crippen LogP contribution is 2.30. The number of imidazole rings is 1. The molecule has 2 heterocycles. The number of likely N-dealkylation sites (N-methyl/N-ethyl adjacent to an activating group) is 1. The smallest absolute Gasteiger partial charge is 0.328 e. The number of aliphatic hydroxyl groups excluding tert-OH is 1. The van der Waals surface area contributed by atoms with Crippen LogP contribution < -0.4 is 11.0 Å². The molecule has 5 nitrogen and oxygen atoms in total. The minimum absolute atomic E-state index is 0.0685. The second-order valence-electron chi connectivity index (χ2n) is 4.50. The van der Waals surface area contributed by atoms with Crippen LogP contribution in [-0.4, -0.2) is 27.4 Å². The topological polar surface area (TPSA) is 59.2 Å². The molecule has 2 aromatic rings. The maximum atomic E-state index is 12.0. The number of nitrogens with one attached hydrogen (secondary N) is 1. The van der Waals surface area contributed by atoms with E-state index in [0.29, 0.717) is 6.54 Å². The molecule has 1 aliphatic rings. The average Bonchev–Trinajstić information content (AvgIpc) is 2.57. The predicted octanol–water partition coefficient (Wildman–Crippen LogP) is -0.0250. The Hall–Kier alpha value is -1.59. The molecule has 3 rings (SSSR count). The van der Waals surface area contributed by atoms with Crippen molar-refractivity contribution >= 4 is 11.0 Å². The first-order valence-electron chi connectivity index (χ1n) is 5.68. The largest absolute Gasteiger partial charge is 0.389 e. The SMILES string of the molecule is CNC1c2cccc3c2n(c(=O)n3C)C[C@H]1O. The van der Waals surface area contributed by atoms with Gasteiger partial charge in [0.2, 0.25) is 0 Å². The van der Waals surface area contributed by atoms with Crippen LogP contribution in [0.4, 0.5) is 0 Å². The summed E-state index contributed by atoms with van der Waals surface area (Å²) < 4.78 is 3.28. The lowest BCUT2D eigenvalue weighted by Gasteiger charge is -2.28. The average molecular weight is 233 g/mol. The Bertz CT molecular complexity index is 641. The summed E-state index contributed by atoms with van der Waals surface area (Å²) in [6.07, 6.45) is -0.571. The molecule has 0 spiro atoms. The van der Waals surface area contributed by atoms with E-state index >= 15 is 0 Å². The molecular weight excluding hydrogens is 218 g/mol. The van der Waals surface area contributed by atoms with Gasteiger partial charge in [-0.05, 0) is 18.7 Å². The summed E-state index contributed by atoms with van der Waals surface area (Å²) in [5, 5.41) is 13.2. The van der Waals surface area contributed by atoms with Crippen LogP contribution in [0, 0.1) is 0 Å². The Balaban J connectivity index is 2.44. The number of benzene rings is 1. The number of aliphatic hydroxyl groups is 1. The van der Waals surface area contributed by atoms with Crippen LogP contribution in [0.25, 0.3) is 11.0 Å². The molecule has 0 aliphatic carbocycles. The highest BCUT2D eigenvalue weighted by atomic mass is 16.3. The van der Waals surface area contributed by atoms with Crippen LogP contribution in [0.3, 0.4) is 0 Å². The van der Waals surface area contributed by atoms with E-state index in [9.17, 15) is 9.90 Å². The van der Waals surface area contributed by atoms with E-state index in [1.54, 1.807) is 16.2 Å². The molecule has 1 aliphatic heterocycles. The summed E-state index contributed by atoms with van der Waals surface area (Å²) in [6.45, 7) is 0.346. The van der Waals surface area contributed by atoms with Gasteiger partial charge in [0.25, 0.3) is 0 Å². The van der Waals surface area contributed by atoms with Crippen LogP contribution in [0.5, 0.6) is 0 Å². The van der Waals surface area contributed by atoms with Crippen molar-refractivity contribution in [1.82, 2.24) is 14.5 Å². The maximum Gasteiger partial charge on any atom is 0.328 e. The highest BCUT2D eigenvalue weighted by molar-refractivity contribution is 5.81. The Morgan fingerprint density at radius 1 is 1.47 bits per heavy atom. The predicted molar refractivity (Wildman–Crippen MR) is 65.0 cm³/mol. The molecule has 2 atom stereocenters. The van der Waals surface area contributed by atoms with Gasteiger partial charge in [-0.1, -0.05) is 12.1 Å². The van der Waals surface area contributed by atoms with Gasteiger partial charge in [-0.15, -0.1) is 0 Å². The lowest BCUT2D eigenvalue weighted by Crippen LogP contribution is -2.39. The number of rotatable bonds is 1. The minimum atomic E-state index is -0.571. The molecule has 5 heteroatoms. The molecule has 0 fully saturated rings. The summed E-state index contributed by atoms with van der Waals surface area (Å²) in [5.41, 5.74) is 2.77. The summed E-state index contributed by atoms with van der Waals surface area (Å²) >= 11 is 0. The van der Waals surface area contributed by atoms with E-state index < -0.39 is 6.10 Å². The summed E-state index contributed by atoms with van der Waals surface area (Å²) in [4.78, 5) is 12.0. The van der Waals surface area contributed by atoms with E-state index in [0.717, 1.165) is 16.6 Å². The fraction of sp³-hybridized carbons (Fsp3) is 0.417. The molecule has 1 unspecified atom stereocenters. The fourth-order valence-corrected chi connectivity index (χ4v) is 2.76. The normalized spacial score (nSPS) is 23.2. The van der Waals surface area contributed by atoms with Crippen molar-refractivity contribution in [2.24, 2.45) is 7.05 Å². The van der Waals surface area contributed by atoms with Crippen molar-refractivity contribution in [2.75, 3.05) is 7.05 Å². The zero-order valence-corrected chi connectivity index (χ0v) is 9.84. The lowest BCUT2D eigenvalue weighted by molar-refractivity contribution is 0.107. The van der Waals surface area contributed by atoms with Gasteiger partial charge in [-0.2, -0.15) is 0 Å². The van der Waals surface area contributed by atoms with Crippen molar-refractivity contribution in [2.45, 2.75) is 18.7 Å². The first kappa shape index (κ1) is 10.6. The van der Waals surface area contributed by atoms with Gasteiger partial charge in [0.05, 0.1) is 29.7 Å². The van der Waals surface area contributed by atoms with Gasteiger partial charge in [0.15, 0.2) is 0 Å². The summed E-state index contributed by atoms with van der Waals surface area (Å²) in [6, 6.07) is 5.70. The van der Waals surface area contributed by atoms with Gasteiger partial charge in [-0.25, -0.2) is 4.79 Å². The number of aryl methyl sites for hydroxylation is 1. The summed E-state index contributed by atoms with van der Waals surface area (Å²) in [7, 11) is 3.58.